The first-order valence-corrected chi connectivity index (χ1v) is 10.3. The number of carbonyl (C=O) groups excluding carboxylic acids is 1. The SMILES string of the molecule is Cc1ccc(Oc2ccc(NC(=O)c3n[nH]c4ccc(-c5cncc(N)c5)cc34)cn2)cc1. The maximum atomic E-state index is 12.9. The number of nitrogens with zero attached hydrogens (tertiary/aromatic N) is 3. The lowest BCUT2D eigenvalue weighted by Gasteiger charge is -2.07. The molecular weight excluding hydrogens is 416 g/mol. The summed E-state index contributed by atoms with van der Waals surface area (Å²) in [6.45, 7) is 2.01. The number of anilines is 2. The van der Waals surface area contributed by atoms with E-state index in [2.05, 4.69) is 25.5 Å². The van der Waals surface area contributed by atoms with Gasteiger partial charge in [-0.3, -0.25) is 14.9 Å². The van der Waals surface area contributed by atoms with Gasteiger partial charge < -0.3 is 15.8 Å². The van der Waals surface area contributed by atoms with Crippen molar-refractivity contribution in [2.75, 3.05) is 11.1 Å². The molecule has 1 amide bonds. The van der Waals surface area contributed by atoms with Crippen molar-refractivity contribution in [1.82, 2.24) is 20.2 Å². The molecule has 0 atom stereocenters. The summed E-state index contributed by atoms with van der Waals surface area (Å²) in [5.74, 6) is 0.777. The van der Waals surface area contributed by atoms with E-state index in [1.165, 1.54) is 0 Å². The molecule has 5 rings (SSSR count). The standard InChI is InChI=1S/C25H20N6O2/c1-15-2-6-20(7-3-15)33-23-9-5-19(14-28-23)29-25(32)24-21-11-16(4-8-22(21)30-31-24)17-10-18(26)13-27-12-17/h2-14H,26H2,1H3,(H,29,32)(H,30,31). The zero-order valence-electron chi connectivity index (χ0n) is 17.7. The Kier molecular flexibility index (Phi) is 5.16. The Morgan fingerprint density at radius 2 is 1.82 bits per heavy atom. The average Bonchev–Trinajstić information content (AvgIpc) is 3.25. The molecule has 0 radical (unpaired) electrons. The van der Waals surface area contributed by atoms with Gasteiger partial charge in [-0.05, 0) is 48.9 Å². The molecule has 2 aromatic carbocycles. The number of H-pyrrole nitrogens is 1. The van der Waals surface area contributed by atoms with Crippen molar-refractivity contribution < 1.29 is 9.53 Å². The van der Waals surface area contributed by atoms with Crippen LogP contribution < -0.4 is 15.8 Å². The molecule has 3 aromatic heterocycles. The van der Waals surface area contributed by atoms with Crippen molar-refractivity contribution >= 4 is 28.2 Å². The first-order valence-electron chi connectivity index (χ1n) is 10.3. The Balaban J connectivity index is 1.34. The monoisotopic (exact) mass is 436 g/mol. The fourth-order valence-corrected chi connectivity index (χ4v) is 3.41. The van der Waals surface area contributed by atoms with E-state index in [1.54, 1.807) is 30.7 Å². The van der Waals surface area contributed by atoms with Gasteiger partial charge in [0, 0.05) is 29.4 Å². The highest BCUT2D eigenvalue weighted by atomic mass is 16.5. The van der Waals surface area contributed by atoms with Gasteiger partial charge in [0.25, 0.3) is 5.91 Å². The second-order valence-corrected chi connectivity index (χ2v) is 7.59. The van der Waals surface area contributed by atoms with Gasteiger partial charge in [-0.2, -0.15) is 5.10 Å². The smallest absolute Gasteiger partial charge is 0.276 e. The quantitative estimate of drug-likeness (QED) is 0.358. The predicted octanol–water partition coefficient (Wildman–Crippen LogP) is 4.96. The maximum Gasteiger partial charge on any atom is 0.276 e. The highest BCUT2D eigenvalue weighted by Crippen LogP contribution is 2.27. The molecule has 0 saturated heterocycles. The highest BCUT2D eigenvalue weighted by Gasteiger charge is 2.16. The third-order valence-electron chi connectivity index (χ3n) is 5.11. The molecule has 0 aliphatic carbocycles. The predicted molar refractivity (Wildman–Crippen MR) is 127 cm³/mol. The number of nitrogens with one attached hydrogen (secondary N) is 2. The number of aryl methyl sites for hydroxylation is 1. The van der Waals surface area contributed by atoms with Gasteiger partial charge in [0.05, 0.1) is 23.1 Å². The molecule has 3 heterocycles. The van der Waals surface area contributed by atoms with Crippen LogP contribution in [0.3, 0.4) is 0 Å². The number of fused-ring (bicyclic) bond motifs is 1. The van der Waals surface area contributed by atoms with E-state index in [9.17, 15) is 4.79 Å². The minimum Gasteiger partial charge on any atom is -0.439 e. The summed E-state index contributed by atoms with van der Waals surface area (Å²) in [6.07, 6.45) is 4.85. The van der Waals surface area contributed by atoms with Gasteiger partial charge in [-0.25, -0.2) is 4.98 Å². The third-order valence-corrected chi connectivity index (χ3v) is 5.11. The van der Waals surface area contributed by atoms with Crippen LogP contribution in [0.4, 0.5) is 11.4 Å². The molecule has 8 heteroatoms. The number of aromatic amines is 1. The van der Waals surface area contributed by atoms with Gasteiger partial charge in [0.1, 0.15) is 5.75 Å². The Morgan fingerprint density at radius 1 is 0.970 bits per heavy atom. The Labute approximate surface area is 189 Å². The molecule has 0 saturated carbocycles. The maximum absolute atomic E-state index is 12.9. The Bertz CT molecular complexity index is 1440. The molecule has 4 N–H and O–H groups in total. The second kappa shape index (κ2) is 8.43. The van der Waals surface area contributed by atoms with E-state index in [0.29, 0.717) is 28.4 Å². The minimum absolute atomic E-state index is 0.281. The number of hydrogen-bond donors (Lipinski definition) is 3. The summed E-state index contributed by atoms with van der Waals surface area (Å²) in [7, 11) is 0. The van der Waals surface area contributed by atoms with Crippen LogP contribution in [-0.2, 0) is 0 Å². The van der Waals surface area contributed by atoms with Crippen molar-refractivity contribution in [2.24, 2.45) is 0 Å². The van der Waals surface area contributed by atoms with Crippen LogP contribution in [0.5, 0.6) is 11.6 Å². The summed E-state index contributed by atoms with van der Waals surface area (Å²) >= 11 is 0. The van der Waals surface area contributed by atoms with Crippen molar-refractivity contribution in [1.29, 1.82) is 0 Å². The van der Waals surface area contributed by atoms with E-state index in [4.69, 9.17) is 10.5 Å². The van der Waals surface area contributed by atoms with Gasteiger partial charge in [-0.15, -0.1) is 0 Å². The fraction of sp³-hybridized carbons (Fsp3) is 0.0400. The van der Waals surface area contributed by atoms with Gasteiger partial charge in [-0.1, -0.05) is 23.8 Å². The number of aromatic nitrogens is 4. The van der Waals surface area contributed by atoms with Crippen molar-refractivity contribution in [3.63, 3.8) is 0 Å². The molecule has 0 aliphatic rings. The van der Waals surface area contributed by atoms with E-state index in [-0.39, 0.29) is 11.6 Å². The van der Waals surface area contributed by atoms with E-state index < -0.39 is 0 Å². The first kappa shape index (κ1) is 20.2. The molecule has 5 aromatic rings. The summed E-state index contributed by atoms with van der Waals surface area (Å²) in [4.78, 5) is 21.3. The van der Waals surface area contributed by atoms with Crippen molar-refractivity contribution in [3.05, 3.63) is 90.5 Å². The number of amides is 1. The third kappa shape index (κ3) is 4.35. The highest BCUT2D eigenvalue weighted by molar-refractivity contribution is 6.11. The number of nitrogens with two attached hydrogens (primary N) is 1. The Hall–Kier alpha value is -4.72. The van der Waals surface area contributed by atoms with Crippen molar-refractivity contribution in [3.8, 4) is 22.8 Å². The number of benzene rings is 2. The number of hydrogen-bond acceptors (Lipinski definition) is 6. The molecule has 0 fully saturated rings. The van der Waals surface area contributed by atoms with E-state index in [0.717, 1.165) is 22.2 Å². The second-order valence-electron chi connectivity index (χ2n) is 7.59. The molecular formula is C25H20N6O2. The molecule has 162 valence electrons. The molecule has 0 unspecified atom stereocenters. The number of nitrogen functional groups attached to an aromatic ring is 1. The molecule has 0 aliphatic heterocycles. The van der Waals surface area contributed by atoms with Crippen LogP contribution >= 0.6 is 0 Å². The van der Waals surface area contributed by atoms with Gasteiger partial charge in [0.2, 0.25) is 5.88 Å². The van der Waals surface area contributed by atoms with E-state index in [1.807, 2.05) is 55.5 Å². The molecule has 0 spiro atoms. The zero-order valence-corrected chi connectivity index (χ0v) is 17.7. The minimum atomic E-state index is -0.349. The normalized spacial score (nSPS) is 10.8. The van der Waals surface area contributed by atoms with Crippen LogP contribution in [0.25, 0.3) is 22.0 Å². The summed E-state index contributed by atoms with van der Waals surface area (Å²) < 4.78 is 5.73. The molecule has 33 heavy (non-hydrogen) atoms. The van der Waals surface area contributed by atoms with Gasteiger partial charge in [0.15, 0.2) is 5.69 Å². The molecule has 0 bridgehead atoms. The van der Waals surface area contributed by atoms with Crippen LogP contribution in [0.1, 0.15) is 16.1 Å². The fourth-order valence-electron chi connectivity index (χ4n) is 3.41. The summed E-state index contributed by atoms with van der Waals surface area (Å²) in [6, 6.07) is 18.6. The van der Waals surface area contributed by atoms with Crippen LogP contribution in [0, 0.1) is 6.92 Å². The number of ether oxygens (including phenoxy) is 1. The first-order chi connectivity index (χ1) is 16.0. The van der Waals surface area contributed by atoms with Crippen LogP contribution in [0.15, 0.2) is 79.3 Å². The molecule has 8 nitrogen and oxygen atoms in total. The lowest BCUT2D eigenvalue weighted by atomic mass is 10.0. The zero-order chi connectivity index (χ0) is 22.8. The largest absolute Gasteiger partial charge is 0.439 e. The Morgan fingerprint density at radius 3 is 2.58 bits per heavy atom. The topological polar surface area (TPSA) is 119 Å². The number of pyridine rings is 2. The average molecular weight is 436 g/mol. The van der Waals surface area contributed by atoms with Gasteiger partial charge >= 0.3 is 0 Å². The summed E-state index contributed by atoms with van der Waals surface area (Å²) in [5, 5.41) is 10.6. The van der Waals surface area contributed by atoms with Crippen LogP contribution in [-0.4, -0.2) is 26.1 Å². The van der Waals surface area contributed by atoms with E-state index >= 15 is 0 Å². The van der Waals surface area contributed by atoms with Crippen molar-refractivity contribution in [2.45, 2.75) is 6.92 Å². The lowest BCUT2D eigenvalue weighted by molar-refractivity contribution is 0.102. The summed E-state index contributed by atoms with van der Waals surface area (Å²) in [5.41, 5.74) is 10.9. The lowest BCUT2D eigenvalue weighted by Crippen LogP contribution is -2.13. The van der Waals surface area contributed by atoms with Crippen LogP contribution in [0.2, 0.25) is 0 Å². The number of rotatable bonds is 5. The number of carbonyl (C=O) groups is 1.